The second-order valence-electron chi connectivity index (χ2n) is 4.75. The van der Waals surface area contributed by atoms with Gasteiger partial charge in [0.05, 0.1) is 11.6 Å². The molecule has 4 nitrogen and oxygen atoms in total. The van der Waals surface area contributed by atoms with Gasteiger partial charge in [0.15, 0.2) is 6.61 Å². The quantitative estimate of drug-likeness (QED) is 0.908. The van der Waals surface area contributed by atoms with E-state index >= 15 is 0 Å². The summed E-state index contributed by atoms with van der Waals surface area (Å²) in [5, 5.41) is 3.77. The number of nitrogens with one attached hydrogen (secondary N) is 1. The molecule has 1 amide bonds. The average molecular weight is 318 g/mol. The van der Waals surface area contributed by atoms with Crippen LogP contribution < -0.4 is 10.1 Å². The van der Waals surface area contributed by atoms with Gasteiger partial charge in [0, 0.05) is 18.2 Å². The molecule has 1 aromatic carbocycles. The topological polar surface area (TPSA) is 47.6 Å². The molecule has 20 heavy (non-hydrogen) atoms. The van der Waals surface area contributed by atoms with E-state index in [0.29, 0.717) is 34.9 Å². The maximum absolute atomic E-state index is 11.7. The minimum atomic E-state index is -0.165. The smallest absolute Gasteiger partial charge is 0.257 e. The summed E-state index contributed by atoms with van der Waals surface area (Å²) in [6, 6.07) is 4.89. The van der Waals surface area contributed by atoms with E-state index in [0.717, 1.165) is 19.4 Å². The molecule has 110 valence electrons. The molecule has 0 radical (unpaired) electrons. The molecule has 1 aliphatic heterocycles. The van der Waals surface area contributed by atoms with Gasteiger partial charge in [-0.15, -0.1) is 0 Å². The molecule has 1 heterocycles. The summed E-state index contributed by atoms with van der Waals surface area (Å²) in [7, 11) is 0. The lowest BCUT2D eigenvalue weighted by Gasteiger charge is -2.22. The predicted molar refractivity (Wildman–Crippen MR) is 78.5 cm³/mol. The Balaban J connectivity index is 1.71. The minimum absolute atomic E-state index is 0.0606. The maximum Gasteiger partial charge on any atom is 0.257 e. The van der Waals surface area contributed by atoms with Crippen molar-refractivity contribution in [2.75, 3.05) is 26.4 Å². The molecule has 1 aromatic rings. The Morgan fingerprint density at radius 2 is 2.30 bits per heavy atom. The number of halogens is 2. The largest absolute Gasteiger partial charge is 0.482 e. The van der Waals surface area contributed by atoms with Crippen LogP contribution in [0.2, 0.25) is 10.0 Å². The SMILES string of the molecule is O=C(COc1ccc(Cl)cc1Cl)NC[C@@H]1CCCOC1. The van der Waals surface area contributed by atoms with Crippen LogP contribution in [0, 0.1) is 5.92 Å². The van der Waals surface area contributed by atoms with Crippen molar-refractivity contribution in [3.63, 3.8) is 0 Å². The molecule has 0 saturated carbocycles. The van der Waals surface area contributed by atoms with Gasteiger partial charge < -0.3 is 14.8 Å². The highest BCUT2D eigenvalue weighted by molar-refractivity contribution is 6.35. The molecule has 6 heteroatoms. The van der Waals surface area contributed by atoms with Crippen molar-refractivity contribution in [2.24, 2.45) is 5.92 Å². The van der Waals surface area contributed by atoms with Crippen molar-refractivity contribution in [1.29, 1.82) is 0 Å². The van der Waals surface area contributed by atoms with Gasteiger partial charge in [-0.05, 0) is 37.0 Å². The summed E-state index contributed by atoms with van der Waals surface area (Å²) in [5.74, 6) is 0.681. The molecule has 0 bridgehead atoms. The van der Waals surface area contributed by atoms with Gasteiger partial charge in [-0.3, -0.25) is 4.79 Å². The number of ether oxygens (including phenoxy) is 2. The molecule has 2 rings (SSSR count). The third kappa shape index (κ3) is 4.85. The average Bonchev–Trinajstić information content (AvgIpc) is 2.45. The first-order chi connectivity index (χ1) is 9.65. The Labute approximate surface area is 128 Å². The number of carbonyl (C=O) groups excluding carboxylic acids is 1. The van der Waals surface area contributed by atoms with Crippen LogP contribution in [-0.2, 0) is 9.53 Å². The number of amides is 1. The molecular weight excluding hydrogens is 301 g/mol. The van der Waals surface area contributed by atoms with Crippen LogP contribution in [0.3, 0.4) is 0 Å². The third-order valence-corrected chi connectivity index (χ3v) is 3.63. The number of rotatable bonds is 5. The van der Waals surface area contributed by atoms with Gasteiger partial charge >= 0.3 is 0 Å². The van der Waals surface area contributed by atoms with Crippen molar-refractivity contribution in [3.8, 4) is 5.75 Å². The van der Waals surface area contributed by atoms with Gasteiger partial charge in [-0.25, -0.2) is 0 Å². The van der Waals surface area contributed by atoms with Crippen LogP contribution in [0.1, 0.15) is 12.8 Å². The Kier molecular flexibility index (Phi) is 5.95. The molecular formula is C14H17Cl2NO3. The third-order valence-electron chi connectivity index (χ3n) is 3.10. The van der Waals surface area contributed by atoms with E-state index in [4.69, 9.17) is 32.7 Å². The van der Waals surface area contributed by atoms with E-state index in [1.807, 2.05) is 0 Å². The van der Waals surface area contributed by atoms with Crippen molar-refractivity contribution >= 4 is 29.1 Å². The Hall–Kier alpha value is -0.970. The van der Waals surface area contributed by atoms with E-state index in [1.54, 1.807) is 18.2 Å². The first-order valence-corrected chi connectivity index (χ1v) is 7.33. The highest BCUT2D eigenvalue weighted by Gasteiger charge is 2.15. The zero-order valence-corrected chi connectivity index (χ0v) is 12.5. The molecule has 1 aliphatic rings. The number of carbonyl (C=O) groups is 1. The molecule has 1 atom stereocenters. The highest BCUT2D eigenvalue weighted by atomic mass is 35.5. The lowest BCUT2D eigenvalue weighted by Crippen LogP contribution is -2.35. The lowest BCUT2D eigenvalue weighted by molar-refractivity contribution is -0.123. The van der Waals surface area contributed by atoms with Gasteiger partial charge in [0.2, 0.25) is 0 Å². The Morgan fingerprint density at radius 1 is 1.45 bits per heavy atom. The Bertz CT molecular complexity index is 462. The van der Waals surface area contributed by atoms with Crippen LogP contribution >= 0.6 is 23.2 Å². The van der Waals surface area contributed by atoms with Crippen molar-refractivity contribution in [1.82, 2.24) is 5.32 Å². The van der Waals surface area contributed by atoms with Crippen molar-refractivity contribution in [3.05, 3.63) is 28.2 Å². The summed E-state index contributed by atoms with van der Waals surface area (Å²) in [6.07, 6.45) is 2.14. The number of hydrogen-bond acceptors (Lipinski definition) is 3. The summed E-state index contributed by atoms with van der Waals surface area (Å²) >= 11 is 11.7. The van der Waals surface area contributed by atoms with E-state index < -0.39 is 0 Å². The highest BCUT2D eigenvalue weighted by Crippen LogP contribution is 2.27. The fourth-order valence-corrected chi connectivity index (χ4v) is 2.48. The number of benzene rings is 1. The predicted octanol–water partition coefficient (Wildman–Crippen LogP) is 2.92. The lowest BCUT2D eigenvalue weighted by atomic mass is 10.0. The second-order valence-corrected chi connectivity index (χ2v) is 5.59. The molecule has 1 saturated heterocycles. The summed E-state index contributed by atoms with van der Waals surface area (Å²) in [6.45, 7) is 2.10. The van der Waals surface area contributed by atoms with E-state index in [9.17, 15) is 4.79 Å². The molecule has 0 unspecified atom stereocenters. The second kappa shape index (κ2) is 7.72. The Morgan fingerprint density at radius 3 is 3.00 bits per heavy atom. The normalized spacial score (nSPS) is 18.6. The maximum atomic E-state index is 11.7. The van der Waals surface area contributed by atoms with Gasteiger partial charge in [0.25, 0.3) is 5.91 Å². The van der Waals surface area contributed by atoms with Crippen LogP contribution in [0.4, 0.5) is 0 Å². The van der Waals surface area contributed by atoms with Crippen molar-refractivity contribution in [2.45, 2.75) is 12.8 Å². The van der Waals surface area contributed by atoms with Gasteiger partial charge in [0.1, 0.15) is 5.75 Å². The summed E-state index contributed by atoms with van der Waals surface area (Å²) < 4.78 is 10.7. The van der Waals surface area contributed by atoms with Gasteiger partial charge in [-0.2, -0.15) is 0 Å². The van der Waals surface area contributed by atoms with Crippen LogP contribution in [-0.4, -0.2) is 32.3 Å². The van der Waals surface area contributed by atoms with Gasteiger partial charge in [-0.1, -0.05) is 23.2 Å². The van der Waals surface area contributed by atoms with Crippen LogP contribution in [0.25, 0.3) is 0 Å². The molecule has 1 N–H and O–H groups in total. The zero-order valence-electron chi connectivity index (χ0n) is 11.0. The first-order valence-electron chi connectivity index (χ1n) is 6.57. The summed E-state index contributed by atoms with van der Waals surface area (Å²) in [4.78, 5) is 11.7. The molecule has 0 spiro atoms. The molecule has 1 fully saturated rings. The van der Waals surface area contributed by atoms with Crippen molar-refractivity contribution < 1.29 is 14.3 Å². The van der Waals surface area contributed by atoms with E-state index in [2.05, 4.69) is 5.32 Å². The fourth-order valence-electron chi connectivity index (χ4n) is 2.01. The van der Waals surface area contributed by atoms with Crippen LogP contribution in [0.5, 0.6) is 5.75 Å². The number of hydrogen-bond donors (Lipinski definition) is 1. The minimum Gasteiger partial charge on any atom is -0.482 e. The molecule has 0 aliphatic carbocycles. The fraction of sp³-hybridized carbons (Fsp3) is 0.500. The van der Waals surface area contributed by atoms with Crippen LogP contribution in [0.15, 0.2) is 18.2 Å². The standard InChI is InChI=1S/C14H17Cl2NO3/c15-11-3-4-13(12(16)6-11)20-9-14(18)17-7-10-2-1-5-19-8-10/h3-4,6,10H,1-2,5,7-9H2,(H,17,18)/t10-/m0/s1. The summed E-state index contributed by atoms with van der Waals surface area (Å²) in [5.41, 5.74) is 0. The zero-order chi connectivity index (χ0) is 14.4. The van der Waals surface area contributed by atoms with E-state index in [1.165, 1.54) is 0 Å². The first kappa shape index (κ1) is 15.4. The molecule has 0 aromatic heterocycles. The monoisotopic (exact) mass is 317 g/mol. The van der Waals surface area contributed by atoms with E-state index in [-0.39, 0.29) is 12.5 Å².